The zero-order valence-corrected chi connectivity index (χ0v) is 17.9. The molecule has 1 unspecified atom stereocenters. The summed E-state index contributed by atoms with van der Waals surface area (Å²) in [6.07, 6.45) is 2.03. The summed E-state index contributed by atoms with van der Waals surface area (Å²) >= 11 is 0. The topological polar surface area (TPSA) is 156 Å². The van der Waals surface area contributed by atoms with Gasteiger partial charge in [-0.2, -0.15) is 9.42 Å². The number of carboxylic acids is 1. The number of nitrogens with one attached hydrogen (secondary N) is 2. The Balaban J connectivity index is 1.84. The van der Waals surface area contributed by atoms with E-state index < -0.39 is 43.5 Å². The number of pyridine rings is 1. The molecule has 0 saturated carbocycles. The van der Waals surface area contributed by atoms with Gasteiger partial charge < -0.3 is 15.2 Å². The second kappa shape index (κ2) is 10.2. The Bertz CT molecular complexity index is 763. The molecule has 1 aliphatic rings. The molecule has 1 amide bonds. The lowest BCUT2D eigenvalue weighted by Gasteiger charge is -2.37. The van der Waals surface area contributed by atoms with Crippen molar-refractivity contribution in [3.8, 4) is 0 Å². The van der Waals surface area contributed by atoms with Gasteiger partial charge in [-0.1, -0.05) is 13.8 Å². The summed E-state index contributed by atoms with van der Waals surface area (Å²) in [5.41, 5.74) is 0.0119. The number of ether oxygens (including phenoxy) is 1. The smallest absolute Gasteiger partial charge is 0.480 e. The molecule has 0 radical (unpaired) electrons. The van der Waals surface area contributed by atoms with Crippen molar-refractivity contribution in [2.24, 2.45) is 5.41 Å². The number of hydrogen-bond acceptors (Lipinski definition) is 9. The molecule has 2 rings (SSSR count). The largest absolute Gasteiger partial charge is 0.500 e. The predicted molar refractivity (Wildman–Crippen MR) is 106 cm³/mol. The lowest BCUT2D eigenvalue weighted by atomic mass is 9.87. The highest BCUT2D eigenvalue weighted by Crippen LogP contribution is 2.60. The minimum Gasteiger partial charge on any atom is -0.480 e. The number of esters is 1. The third kappa shape index (κ3) is 6.96. The van der Waals surface area contributed by atoms with Crippen LogP contribution in [0.1, 0.15) is 32.8 Å². The molecule has 1 aromatic heterocycles. The number of carboxylic acid groups (broad SMARTS) is 1. The molecule has 30 heavy (non-hydrogen) atoms. The minimum absolute atomic E-state index is 0.0145. The van der Waals surface area contributed by atoms with Crippen LogP contribution in [0.3, 0.4) is 0 Å². The molecule has 1 aliphatic heterocycles. The lowest BCUT2D eigenvalue weighted by Crippen LogP contribution is -2.52. The van der Waals surface area contributed by atoms with Crippen LogP contribution in [0.25, 0.3) is 0 Å². The van der Waals surface area contributed by atoms with Crippen molar-refractivity contribution in [2.75, 3.05) is 13.2 Å². The first kappa shape index (κ1) is 24.1. The number of amides is 1. The Morgan fingerprint density at radius 1 is 1.37 bits per heavy atom. The quantitative estimate of drug-likeness (QED) is 0.317. The van der Waals surface area contributed by atoms with E-state index in [9.17, 15) is 19.3 Å². The molecule has 0 aliphatic carbocycles. The summed E-state index contributed by atoms with van der Waals surface area (Å²) in [6.45, 7) is 4.84. The van der Waals surface area contributed by atoms with E-state index in [4.69, 9.17) is 18.9 Å². The summed E-state index contributed by atoms with van der Waals surface area (Å²) in [5.74, 6) is -2.24. The highest BCUT2D eigenvalue weighted by Gasteiger charge is 2.58. The maximum atomic E-state index is 12.6. The van der Waals surface area contributed by atoms with Crippen LogP contribution in [0.4, 0.5) is 0 Å². The Hall–Kier alpha value is -2.17. The van der Waals surface area contributed by atoms with Gasteiger partial charge in [0, 0.05) is 24.4 Å². The van der Waals surface area contributed by atoms with Gasteiger partial charge in [-0.3, -0.25) is 19.4 Å². The first-order chi connectivity index (χ1) is 14.0. The van der Waals surface area contributed by atoms with Crippen LogP contribution >= 0.6 is 8.09 Å². The van der Waals surface area contributed by atoms with E-state index in [1.807, 2.05) is 0 Å². The van der Waals surface area contributed by atoms with Crippen molar-refractivity contribution >= 4 is 25.9 Å². The van der Waals surface area contributed by atoms with Crippen molar-refractivity contribution in [1.82, 2.24) is 15.4 Å². The van der Waals surface area contributed by atoms with Gasteiger partial charge in [0.15, 0.2) is 6.10 Å². The molecular formula is C18H27N3O8P+. The zero-order chi connectivity index (χ0) is 22.4. The number of aliphatic carboxylic acids is 1. The average Bonchev–Trinajstić information content (AvgIpc) is 2.69. The van der Waals surface area contributed by atoms with E-state index in [0.717, 1.165) is 5.56 Å². The summed E-state index contributed by atoms with van der Waals surface area (Å²) in [7, 11) is -3.75. The van der Waals surface area contributed by atoms with Crippen molar-refractivity contribution in [1.29, 1.82) is 0 Å². The van der Waals surface area contributed by atoms with Gasteiger partial charge in [0.25, 0.3) is 5.91 Å². The number of rotatable bonds is 9. The molecule has 1 fully saturated rings. The predicted octanol–water partition coefficient (Wildman–Crippen LogP) is 0.805. The third-order valence-corrected chi connectivity index (χ3v) is 6.00. The highest BCUT2D eigenvalue weighted by molar-refractivity contribution is 7.58. The van der Waals surface area contributed by atoms with Crippen molar-refractivity contribution in [2.45, 2.75) is 45.9 Å². The van der Waals surface area contributed by atoms with E-state index >= 15 is 0 Å². The Morgan fingerprint density at radius 3 is 2.67 bits per heavy atom. The fourth-order valence-corrected chi connectivity index (χ4v) is 4.48. The fourth-order valence-electron chi connectivity index (χ4n) is 2.51. The van der Waals surface area contributed by atoms with Gasteiger partial charge in [-0.25, -0.2) is 0 Å². The van der Waals surface area contributed by atoms with Crippen LogP contribution in [0.15, 0.2) is 24.5 Å². The van der Waals surface area contributed by atoms with Crippen molar-refractivity contribution < 1.29 is 38.2 Å². The van der Waals surface area contributed by atoms with E-state index in [1.165, 1.54) is 6.92 Å². The summed E-state index contributed by atoms with van der Waals surface area (Å²) in [6, 6.07) is 2.31. The SMILES string of the molecule is C[C@H](N[P+]1(O)OCC(C)(C)[C@H](C(=O)NCCC(=O)OCc2ccncc2)O1)C(=O)O. The number of aromatic nitrogens is 1. The summed E-state index contributed by atoms with van der Waals surface area (Å²) < 4.78 is 15.9. The van der Waals surface area contributed by atoms with Crippen LogP contribution < -0.4 is 10.4 Å². The number of carbonyl (C=O) groups is 3. The molecule has 166 valence electrons. The molecule has 0 aromatic carbocycles. The van der Waals surface area contributed by atoms with Gasteiger partial charge in [0.1, 0.15) is 19.3 Å². The average molecular weight is 444 g/mol. The number of hydrogen-bond donors (Lipinski definition) is 4. The van der Waals surface area contributed by atoms with Crippen LogP contribution in [-0.2, 0) is 34.8 Å². The van der Waals surface area contributed by atoms with Crippen LogP contribution in [-0.4, -0.2) is 58.1 Å². The standard InChI is InChI=1S/C18H26N3O8P/c1-12(17(24)25)21-30(26)28-11-18(2,3)15(29-30)16(23)20-9-6-14(22)27-10-13-4-7-19-8-5-13/h4-5,7-8,12,15,21,26H,6,9-11H2,1-3H3,(H-,20,23,24,25)/p+1/t12-,15-,30?/m0/s1. The fraction of sp³-hybridized carbons (Fsp3) is 0.556. The van der Waals surface area contributed by atoms with Crippen LogP contribution in [0, 0.1) is 5.41 Å². The van der Waals surface area contributed by atoms with E-state index in [0.29, 0.717) is 0 Å². The Morgan fingerprint density at radius 2 is 2.03 bits per heavy atom. The second-order valence-electron chi connectivity index (χ2n) is 7.51. The molecule has 12 heteroatoms. The third-order valence-electron chi connectivity index (χ3n) is 4.31. The summed E-state index contributed by atoms with van der Waals surface area (Å²) in [4.78, 5) is 49.8. The maximum Gasteiger partial charge on any atom is 0.500 e. The molecule has 1 saturated heterocycles. The van der Waals surface area contributed by atoms with Crippen molar-refractivity contribution in [3.05, 3.63) is 30.1 Å². The summed E-state index contributed by atoms with van der Waals surface area (Å²) in [5, 5.41) is 14.0. The van der Waals surface area contributed by atoms with Gasteiger partial charge in [-0.05, 0) is 24.6 Å². The first-order valence-corrected chi connectivity index (χ1v) is 10.9. The van der Waals surface area contributed by atoms with Crippen molar-refractivity contribution in [3.63, 3.8) is 0 Å². The normalized spacial score (nSPS) is 23.9. The molecule has 1 aromatic rings. The van der Waals surface area contributed by atoms with Gasteiger partial charge in [0.05, 0.1) is 6.42 Å². The second-order valence-corrected chi connectivity index (χ2v) is 9.28. The van der Waals surface area contributed by atoms with Gasteiger partial charge in [0.2, 0.25) is 0 Å². The highest BCUT2D eigenvalue weighted by atomic mass is 31.2. The zero-order valence-electron chi connectivity index (χ0n) is 17.0. The molecule has 0 bridgehead atoms. The minimum atomic E-state index is -3.75. The Kier molecular flexibility index (Phi) is 8.22. The Labute approximate surface area is 174 Å². The van der Waals surface area contributed by atoms with E-state index in [-0.39, 0.29) is 26.2 Å². The molecule has 11 nitrogen and oxygen atoms in total. The first-order valence-electron chi connectivity index (χ1n) is 9.30. The molecular weight excluding hydrogens is 417 g/mol. The van der Waals surface area contributed by atoms with Gasteiger partial charge >= 0.3 is 20.0 Å². The number of carbonyl (C=O) groups excluding carboxylic acids is 2. The molecule has 4 N–H and O–H groups in total. The monoisotopic (exact) mass is 444 g/mol. The lowest BCUT2D eigenvalue weighted by molar-refractivity contribution is -0.145. The van der Waals surface area contributed by atoms with Gasteiger partial charge in [-0.15, -0.1) is 9.61 Å². The van der Waals surface area contributed by atoms with Crippen LogP contribution in [0.5, 0.6) is 0 Å². The molecule has 3 atom stereocenters. The molecule has 2 heterocycles. The number of nitrogens with zero attached hydrogens (tertiary/aromatic N) is 1. The van der Waals surface area contributed by atoms with Crippen LogP contribution in [0.2, 0.25) is 0 Å². The molecule has 0 spiro atoms. The van der Waals surface area contributed by atoms with E-state index in [2.05, 4.69) is 15.4 Å². The maximum absolute atomic E-state index is 12.6. The van der Waals surface area contributed by atoms with E-state index in [1.54, 1.807) is 38.4 Å².